The average molecular weight is 290 g/mol. The molecule has 2 heterocycles. The lowest BCUT2D eigenvalue weighted by Gasteiger charge is -2.35. The molecule has 2 aliphatic rings. The van der Waals surface area contributed by atoms with Crippen molar-refractivity contribution in [1.29, 1.82) is 0 Å². The number of nitrogens with zero attached hydrogens (tertiary/aromatic N) is 3. The van der Waals surface area contributed by atoms with Gasteiger partial charge in [-0.2, -0.15) is 0 Å². The monoisotopic (exact) mass is 290 g/mol. The summed E-state index contributed by atoms with van der Waals surface area (Å²) in [6.45, 7) is 6.15. The van der Waals surface area contributed by atoms with Gasteiger partial charge in [-0.25, -0.2) is 9.97 Å². The summed E-state index contributed by atoms with van der Waals surface area (Å²) in [5.74, 6) is 2.83. The molecule has 0 atom stereocenters. The van der Waals surface area contributed by atoms with Gasteiger partial charge in [0.25, 0.3) is 0 Å². The maximum absolute atomic E-state index is 5.60. The normalized spacial score (nSPS) is 24.9. The highest BCUT2D eigenvalue weighted by Crippen LogP contribution is 2.32. The fourth-order valence-electron chi connectivity index (χ4n) is 3.25. The van der Waals surface area contributed by atoms with E-state index in [1.165, 1.54) is 32.1 Å². The molecule has 0 spiro atoms. The largest absolute Gasteiger partial charge is 0.378 e. The molecule has 1 saturated carbocycles. The lowest BCUT2D eigenvalue weighted by atomic mass is 9.80. The summed E-state index contributed by atoms with van der Waals surface area (Å²) in [5.41, 5.74) is 0. The van der Waals surface area contributed by atoms with Crippen LogP contribution in [0.1, 0.15) is 39.0 Å². The fraction of sp³-hybridized carbons (Fsp3) is 0.750. The van der Waals surface area contributed by atoms with E-state index in [9.17, 15) is 0 Å². The minimum atomic E-state index is 0.515. The van der Waals surface area contributed by atoms with E-state index >= 15 is 0 Å². The van der Waals surface area contributed by atoms with Crippen molar-refractivity contribution in [3.63, 3.8) is 0 Å². The van der Waals surface area contributed by atoms with Gasteiger partial charge in [0.15, 0.2) is 0 Å². The van der Waals surface area contributed by atoms with Gasteiger partial charge in [0, 0.05) is 32.3 Å². The van der Waals surface area contributed by atoms with Gasteiger partial charge in [-0.05, 0) is 44.9 Å². The Hall–Kier alpha value is -1.36. The van der Waals surface area contributed by atoms with E-state index in [1.807, 2.05) is 0 Å². The molecule has 1 N–H and O–H groups in total. The topological polar surface area (TPSA) is 50.3 Å². The van der Waals surface area contributed by atoms with Crippen LogP contribution in [0.25, 0.3) is 0 Å². The van der Waals surface area contributed by atoms with Gasteiger partial charge >= 0.3 is 0 Å². The van der Waals surface area contributed by atoms with E-state index < -0.39 is 0 Å². The predicted molar refractivity (Wildman–Crippen MR) is 84.7 cm³/mol. The summed E-state index contributed by atoms with van der Waals surface area (Å²) in [6.07, 6.45) is 8.37. The van der Waals surface area contributed by atoms with Crippen LogP contribution in [0, 0.1) is 5.92 Å². The molecule has 1 aliphatic heterocycles. The number of hydrogen-bond acceptors (Lipinski definition) is 5. The zero-order valence-electron chi connectivity index (χ0n) is 12.9. The van der Waals surface area contributed by atoms with Crippen molar-refractivity contribution >= 4 is 11.6 Å². The van der Waals surface area contributed by atoms with Crippen LogP contribution in [0.4, 0.5) is 11.6 Å². The Morgan fingerprint density at radius 2 is 2.10 bits per heavy atom. The summed E-state index contributed by atoms with van der Waals surface area (Å²) in [6, 6.07) is 2.08. The molecule has 0 aromatic carbocycles. The minimum Gasteiger partial charge on any atom is -0.378 e. The summed E-state index contributed by atoms with van der Waals surface area (Å²) in [4.78, 5) is 11.0. The second-order valence-electron chi connectivity index (χ2n) is 6.09. The lowest BCUT2D eigenvalue weighted by Crippen LogP contribution is -2.32. The van der Waals surface area contributed by atoms with Gasteiger partial charge in [-0.15, -0.1) is 0 Å². The first kappa shape index (κ1) is 14.6. The van der Waals surface area contributed by atoms with Gasteiger partial charge in [0.05, 0.1) is 6.10 Å². The molecule has 1 saturated heterocycles. The van der Waals surface area contributed by atoms with Gasteiger partial charge in [0.2, 0.25) is 0 Å². The highest BCUT2D eigenvalue weighted by atomic mass is 16.5. The lowest BCUT2D eigenvalue weighted by molar-refractivity contribution is -0.0255. The van der Waals surface area contributed by atoms with E-state index in [4.69, 9.17) is 4.74 Å². The maximum Gasteiger partial charge on any atom is 0.134 e. The Balaban J connectivity index is 1.40. The van der Waals surface area contributed by atoms with Crippen molar-refractivity contribution in [3.8, 4) is 0 Å². The number of hydrogen-bond donors (Lipinski definition) is 1. The first-order valence-electron chi connectivity index (χ1n) is 8.27. The first-order valence-corrected chi connectivity index (χ1v) is 8.27. The van der Waals surface area contributed by atoms with Crippen LogP contribution in [0.15, 0.2) is 12.4 Å². The predicted octanol–water partition coefficient (Wildman–Crippen LogP) is 2.69. The van der Waals surface area contributed by atoms with Crippen molar-refractivity contribution in [2.24, 2.45) is 5.92 Å². The van der Waals surface area contributed by atoms with Gasteiger partial charge in [-0.1, -0.05) is 0 Å². The minimum absolute atomic E-state index is 0.515. The number of ether oxygens (including phenoxy) is 1. The van der Waals surface area contributed by atoms with Gasteiger partial charge < -0.3 is 15.0 Å². The van der Waals surface area contributed by atoms with Crippen molar-refractivity contribution in [1.82, 2.24) is 9.97 Å². The van der Waals surface area contributed by atoms with Crippen LogP contribution in [0.3, 0.4) is 0 Å². The average Bonchev–Trinajstić information content (AvgIpc) is 2.99. The van der Waals surface area contributed by atoms with Crippen LogP contribution >= 0.6 is 0 Å². The quantitative estimate of drug-likeness (QED) is 0.836. The van der Waals surface area contributed by atoms with Crippen LogP contribution in [-0.4, -0.2) is 42.3 Å². The van der Waals surface area contributed by atoms with Crippen LogP contribution < -0.4 is 10.2 Å². The van der Waals surface area contributed by atoms with Gasteiger partial charge in [0.1, 0.15) is 18.0 Å². The molecule has 0 amide bonds. The smallest absolute Gasteiger partial charge is 0.134 e. The zero-order valence-corrected chi connectivity index (χ0v) is 12.9. The number of anilines is 2. The molecule has 1 aromatic heterocycles. The van der Waals surface area contributed by atoms with Gasteiger partial charge in [-0.3, -0.25) is 0 Å². The second-order valence-corrected chi connectivity index (χ2v) is 6.09. The molecule has 3 rings (SSSR count). The summed E-state index contributed by atoms with van der Waals surface area (Å²) >= 11 is 0. The molecule has 0 bridgehead atoms. The van der Waals surface area contributed by atoms with Crippen molar-refractivity contribution < 1.29 is 4.74 Å². The third-order valence-corrected chi connectivity index (χ3v) is 4.54. The molecule has 0 radical (unpaired) electrons. The summed E-state index contributed by atoms with van der Waals surface area (Å²) in [5, 5.41) is 3.44. The fourth-order valence-corrected chi connectivity index (χ4v) is 3.25. The van der Waals surface area contributed by atoms with E-state index in [2.05, 4.69) is 33.2 Å². The highest BCUT2D eigenvalue weighted by Gasteiger charge is 2.28. The third-order valence-electron chi connectivity index (χ3n) is 4.54. The summed E-state index contributed by atoms with van der Waals surface area (Å²) < 4.78 is 5.60. The van der Waals surface area contributed by atoms with E-state index in [-0.39, 0.29) is 0 Å². The zero-order chi connectivity index (χ0) is 14.5. The molecule has 5 heteroatoms. The molecule has 5 nitrogen and oxygen atoms in total. The van der Waals surface area contributed by atoms with E-state index in [1.54, 1.807) is 6.33 Å². The van der Waals surface area contributed by atoms with E-state index in [0.29, 0.717) is 6.10 Å². The molecular weight excluding hydrogens is 264 g/mol. The second kappa shape index (κ2) is 7.07. The highest BCUT2D eigenvalue weighted by molar-refractivity contribution is 5.48. The Morgan fingerprint density at radius 3 is 2.86 bits per heavy atom. The molecule has 0 unspecified atom stereocenters. The first-order chi connectivity index (χ1) is 10.3. The molecule has 2 fully saturated rings. The van der Waals surface area contributed by atoms with Crippen LogP contribution in [-0.2, 0) is 4.74 Å². The molecular formula is C16H26N4O. The van der Waals surface area contributed by atoms with Crippen molar-refractivity contribution in [3.05, 3.63) is 12.4 Å². The Labute approximate surface area is 127 Å². The van der Waals surface area contributed by atoms with Crippen LogP contribution in [0.2, 0.25) is 0 Å². The Morgan fingerprint density at radius 1 is 1.29 bits per heavy atom. The van der Waals surface area contributed by atoms with Crippen LogP contribution in [0.5, 0.6) is 0 Å². The number of aromatic nitrogens is 2. The van der Waals surface area contributed by atoms with Crippen molar-refractivity contribution in [2.45, 2.75) is 45.1 Å². The maximum atomic E-state index is 5.60. The summed E-state index contributed by atoms with van der Waals surface area (Å²) in [7, 11) is 0. The molecule has 116 valence electrons. The molecule has 1 aromatic rings. The third kappa shape index (κ3) is 3.84. The molecule has 1 aliphatic carbocycles. The Kier molecular flexibility index (Phi) is 4.91. The van der Waals surface area contributed by atoms with Crippen molar-refractivity contribution in [2.75, 3.05) is 36.5 Å². The molecule has 21 heavy (non-hydrogen) atoms. The SMILES string of the molecule is CCOC1CC(CCNc2cc(N3CCCC3)ncn2)C1. The van der Waals surface area contributed by atoms with E-state index in [0.717, 1.165) is 43.8 Å². The number of nitrogens with one attached hydrogen (secondary N) is 1. The number of rotatable bonds is 7. The Bertz CT molecular complexity index is 442. The standard InChI is InChI=1S/C16H26N4O/c1-2-21-14-9-13(10-14)5-6-17-15-11-16(19-12-18-15)20-7-3-4-8-20/h11-14H,2-10H2,1H3,(H,17,18,19).